The van der Waals surface area contributed by atoms with Crippen LogP contribution in [-0.2, 0) is 19.2 Å². The van der Waals surface area contributed by atoms with Crippen molar-refractivity contribution in [1.29, 1.82) is 0 Å². The van der Waals surface area contributed by atoms with Gasteiger partial charge in [0.1, 0.15) is 5.60 Å². The molecule has 23 heavy (non-hydrogen) atoms. The molecule has 0 spiro atoms. The summed E-state index contributed by atoms with van der Waals surface area (Å²) in [5, 5.41) is 24.0. The van der Waals surface area contributed by atoms with Crippen LogP contribution in [0.2, 0.25) is 0 Å². The van der Waals surface area contributed by atoms with Crippen molar-refractivity contribution in [3.8, 4) is 0 Å². The van der Waals surface area contributed by atoms with E-state index in [2.05, 4.69) is 20.8 Å². The zero-order valence-corrected chi connectivity index (χ0v) is 13.7. The molecule has 8 nitrogen and oxygen atoms in total. The second-order valence-electron chi connectivity index (χ2n) is 6.07. The largest absolute Gasteiger partial charge is 0.383 e. The fourth-order valence-electron chi connectivity index (χ4n) is 2.18. The molecule has 0 saturated carbocycles. The zero-order valence-electron chi connectivity index (χ0n) is 13.7. The average Bonchev–Trinajstić information content (AvgIpc) is 3.15. The number of aliphatic hydroxyl groups is 1. The fraction of sp³-hybridized carbons (Fsp3) is 0.533. The smallest absolute Gasteiger partial charge is 0.314 e. The van der Waals surface area contributed by atoms with E-state index in [1.807, 2.05) is 23.9 Å². The first-order chi connectivity index (χ1) is 10.9. The highest BCUT2D eigenvalue weighted by Crippen LogP contribution is 2.18. The number of nitrogens with zero attached hydrogens (tertiary/aromatic N) is 4. The summed E-state index contributed by atoms with van der Waals surface area (Å²) in [5.41, 5.74) is -0.501. The molecule has 2 atom stereocenters. The lowest BCUT2D eigenvalue weighted by Gasteiger charge is -2.22. The van der Waals surface area contributed by atoms with Crippen LogP contribution in [0.25, 0.3) is 0 Å². The molecule has 8 heteroatoms. The molecule has 2 rings (SSSR count). The molecule has 2 aromatic rings. The second kappa shape index (κ2) is 7.28. The van der Waals surface area contributed by atoms with Gasteiger partial charge in [0.15, 0.2) is 0 Å². The lowest BCUT2D eigenvalue weighted by atomic mass is 10.00. The Labute approximate surface area is 135 Å². The van der Waals surface area contributed by atoms with Crippen molar-refractivity contribution in [3.05, 3.63) is 36.4 Å². The van der Waals surface area contributed by atoms with Gasteiger partial charge in [0, 0.05) is 44.3 Å². The van der Waals surface area contributed by atoms with Crippen LogP contribution in [0.5, 0.6) is 0 Å². The highest BCUT2D eigenvalue weighted by atomic mass is 16.3. The van der Waals surface area contributed by atoms with Gasteiger partial charge in [-0.1, -0.05) is 6.92 Å². The molecular formula is C15H24N6O2. The molecule has 2 amide bonds. The monoisotopic (exact) mass is 320 g/mol. The van der Waals surface area contributed by atoms with Gasteiger partial charge in [-0.25, -0.2) is 4.79 Å². The number of urea groups is 1. The molecule has 0 aromatic carbocycles. The van der Waals surface area contributed by atoms with Gasteiger partial charge < -0.3 is 15.7 Å². The number of carbonyl (C=O) groups is 1. The first-order valence-electron chi connectivity index (χ1n) is 7.57. The third-order valence-electron chi connectivity index (χ3n) is 3.59. The van der Waals surface area contributed by atoms with E-state index in [9.17, 15) is 9.90 Å². The number of carbonyl (C=O) groups excluding carboxylic acids is 1. The Morgan fingerprint density at radius 3 is 2.83 bits per heavy atom. The molecule has 3 N–H and O–H groups in total. The van der Waals surface area contributed by atoms with Crippen molar-refractivity contribution in [2.75, 3.05) is 13.1 Å². The normalized spacial score (nSPS) is 15.0. The van der Waals surface area contributed by atoms with Gasteiger partial charge in [-0.05, 0) is 18.9 Å². The van der Waals surface area contributed by atoms with E-state index in [1.165, 1.54) is 0 Å². The standard InChI is InChI=1S/C15H24N6O2/c1-12(9-21-6-4-5-18-21)7-16-14(22)17-11-15(2,23)13-8-19-20(3)10-13/h4-6,8,10,12,23H,7,9,11H2,1-3H3,(H2,16,17,22). The summed E-state index contributed by atoms with van der Waals surface area (Å²) in [6, 6.07) is 1.56. The average molecular weight is 320 g/mol. The number of aromatic nitrogens is 4. The predicted molar refractivity (Wildman–Crippen MR) is 85.6 cm³/mol. The minimum atomic E-state index is -1.16. The van der Waals surface area contributed by atoms with Crippen LogP contribution >= 0.6 is 0 Å². The number of aryl methyl sites for hydroxylation is 1. The lowest BCUT2D eigenvalue weighted by Crippen LogP contribution is -2.44. The summed E-state index contributed by atoms with van der Waals surface area (Å²) in [6.07, 6.45) is 6.94. The highest BCUT2D eigenvalue weighted by Gasteiger charge is 2.25. The Bertz CT molecular complexity index is 620. The van der Waals surface area contributed by atoms with Crippen molar-refractivity contribution in [1.82, 2.24) is 30.2 Å². The SMILES string of the molecule is CC(CNC(=O)NCC(C)(O)c1cnn(C)c1)Cn1cccn1. The molecular weight excluding hydrogens is 296 g/mol. The molecule has 0 aliphatic heterocycles. The van der Waals surface area contributed by atoms with Crippen molar-refractivity contribution >= 4 is 6.03 Å². The van der Waals surface area contributed by atoms with Crippen molar-refractivity contribution in [2.45, 2.75) is 26.0 Å². The van der Waals surface area contributed by atoms with Gasteiger partial charge in [0.2, 0.25) is 0 Å². The van der Waals surface area contributed by atoms with Crippen molar-refractivity contribution in [3.63, 3.8) is 0 Å². The molecule has 0 bridgehead atoms. The number of nitrogens with one attached hydrogen (secondary N) is 2. The Morgan fingerprint density at radius 2 is 2.22 bits per heavy atom. The van der Waals surface area contributed by atoms with Crippen LogP contribution < -0.4 is 10.6 Å². The fourth-order valence-corrected chi connectivity index (χ4v) is 2.18. The Balaban J connectivity index is 1.72. The Morgan fingerprint density at radius 1 is 1.43 bits per heavy atom. The molecule has 0 fully saturated rings. The van der Waals surface area contributed by atoms with Gasteiger partial charge in [0.25, 0.3) is 0 Å². The van der Waals surface area contributed by atoms with E-state index in [4.69, 9.17) is 0 Å². The van der Waals surface area contributed by atoms with Gasteiger partial charge in [0.05, 0.1) is 12.7 Å². The van der Waals surface area contributed by atoms with Crippen LogP contribution in [0.3, 0.4) is 0 Å². The maximum atomic E-state index is 11.9. The number of hydrogen-bond acceptors (Lipinski definition) is 4. The summed E-state index contributed by atoms with van der Waals surface area (Å²) >= 11 is 0. The van der Waals surface area contributed by atoms with E-state index >= 15 is 0 Å². The summed E-state index contributed by atoms with van der Waals surface area (Å²) in [5.74, 6) is 0.250. The quantitative estimate of drug-likeness (QED) is 0.690. The summed E-state index contributed by atoms with van der Waals surface area (Å²) in [7, 11) is 1.78. The number of rotatable bonds is 7. The summed E-state index contributed by atoms with van der Waals surface area (Å²) < 4.78 is 3.44. The first-order valence-corrected chi connectivity index (χ1v) is 7.57. The second-order valence-corrected chi connectivity index (χ2v) is 6.07. The van der Waals surface area contributed by atoms with Gasteiger partial charge in [-0.3, -0.25) is 9.36 Å². The predicted octanol–water partition coefficient (Wildman–Crippen LogP) is 0.460. The van der Waals surface area contributed by atoms with Crippen molar-refractivity contribution < 1.29 is 9.90 Å². The van der Waals surface area contributed by atoms with E-state index in [-0.39, 0.29) is 18.5 Å². The van der Waals surface area contributed by atoms with E-state index in [0.717, 1.165) is 6.54 Å². The topological polar surface area (TPSA) is 97.0 Å². The van der Waals surface area contributed by atoms with Crippen LogP contribution in [0.4, 0.5) is 4.79 Å². The molecule has 2 aromatic heterocycles. The molecule has 2 unspecified atom stereocenters. The third-order valence-corrected chi connectivity index (χ3v) is 3.59. The Kier molecular flexibility index (Phi) is 5.38. The minimum absolute atomic E-state index is 0.109. The molecule has 0 saturated heterocycles. The third kappa shape index (κ3) is 5.10. The van der Waals surface area contributed by atoms with Gasteiger partial charge in [-0.15, -0.1) is 0 Å². The van der Waals surface area contributed by atoms with Crippen LogP contribution in [0.1, 0.15) is 19.4 Å². The van der Waals surface area contributed by atoms with Gasteiger partial charge in [-0.2, -0.15) is 10.2 Å². The molecule has 2 heterocycles. The van der Waals surface area contributed by atoms with Crippen LogP contribution in [-0.4, -0.2) is 43.8 Å². The van der Waals surface area contributed by atoms with Gasteiger partial charge >= 0.3 is 6.03 Å². The van der Waals surface area contributed by atoms with Crippen molar-refractivity contribution in [2.24, 2.45) is 13.0 Å². The minimum Gasteiger partial charge on any atom is -0.383 e. The van der Waals surface area contributed by atoms with Crippen LogP contribution in [0.15, 0.2) is 30.9 Å². The Hall–Kier alpha value is -2.35. The molecule has 0 aliphatic carbocycles. The van der Waals surface area contributed by atoms with E-state index in [0.29, 0.717) is 12.1 Å². The maximum Gasteiger partial charge on any atom is 0.314 e. The number of hydrogen-bond donors (Lipinski definition) is 3. The lowest BCUT2D eigenvalue weighted by molar-refractivity contribution is 0.0593. The zero-order chi connectivity index (χ0) is 16.9. The van der Waals surface area contributed by atoms with E-state index in [1.54, 1.807) is 37.2 Å². The summed E-state index contributed by atoms with van der Waals surface area (Å²) in [4.78, 5) is 11.9. The first kappa shape index (κ1) is 17.0. The maximum absolute atomic E-state index is 11.9. The number of amides is 2. The summed E-state index contributed by atoms with van der Waals surface area (Å²) in [6.45, 7) is 5.05. The van der Waals surface area contributed by atoms with E-state index < -0.39 is 5.60 Å². The van der Waals surface area contributed by atoms with Crippen LogP contribution in [0, 0.1) is 5.92 Å². The molecule has 126 valence electrons. The highest BCUT2D eigenvalue weighted by molar-refractivity contribution is 5.73. The molecule has 0 aliphatic rings. The molecule has 0 radical (unpaired) electrons.